The Kier molecular flexibility index (Phi) is 18.7. The monoisotopic (exact) mass is 489 g/mol. The van der Waals surface area contributed by atoms with Crippen LogP contribution in [0.3, 0.4) is 0 Å². The lowest BCUT2D eigenvalue weighted by Gasteiger charge is -2.36. The molecule has 202 valence electrons. The Hall–Kier alpha value is -1.46. The molecule has 0 aromatic heterocycles. The molecule has 1 aliphatic rings. The summed E-state index contributed by atoms with van der Waals surface area (Å²) in [6.07, 6.45) is 33.9. The van der Waals surface area contributed by atoms with Gasteiger partial charge in [-0.05, 0) is 32.1 Å². The molecule has 0 spiro atoms. The van der Waals surface area contributed by atoms with E-state index in [0.29, 0.717) is 0 Å². The van der Waals surface area contributed by atoms with E-state index in [1.807, 2.05) is 6.92 Å². The molecular weight excluding hydrogens is 434 g/mol. The maximum Gasteiger partial charge on any atom is 0.209 e. The first-order chi connectivity index (χ1) is 17.0. The molecule has 0 aromatic rings. The standard InChI is InChI=1S/C30H55N3O2/c1-3-4-5-6-7-8-9-10-11-12-13-14-15-16-17-18-19-20-21-22-23-24-29-32-25-26-33(29,28(2)31)27-30(34)35/h9-10,25-26,28H,3-8,11-24,27,31H2,1-2H3/b10-9+. The van der Waals surface area contributed by atoms with Crippen molar-refractivity contribution in [3.8, 4) is 0 Å². The average molecular weight is 490 g/mol. The Morgan fingerprint density at radius 2 is 1.31 bits per heavy atom. The van der Waals surface area contributed by atoms with Gasteiger partial charge >= 0.3 is 0 Å². The minimum atomic E-state index is -1.09. The maximum atomic E-state index is 11.2. The Morgan fingerprint density at radius 1 is 0.857 bits per heavy atom. The summed E-state index contributed by atoms with van der Waals surface area (Å²) in [5.74, 6) is -0.226. The van der Waals surface area contributed by atoms with Crippen LogP contribution >= 0.6 is 0 Å². The van der Waals surface area contributed by atoms with Gasteiger partial charge in [0, 0.05) is 13.3 Å². The molecule has 1 heterocycles. The number of aliphatic imine (C=N–C) groups is 1. The van der Waals surface area contributed by atoms with Crippen LogP contribution in [-0.4, -0.2) is 29.0 Å². The molecule has 0 aromatic carbocycles. The number of hydrogen-bond donors (Lipinski definition) is 1. The van der Waals surface area contributed by atoms with Crippen LogP contribution in [0.25, 0.3) is 0 Å². The van der Waals surface area contributed by atoms with Crippen molar-refractivity contribution in [1.82, 2.24) is 0 Å². The quantitative estimate of drug-likeness (QED) is 0.0890. The van der Waals surface area contributed by atoms with E-state index in [9.17, 15) is 9.90 Å². The minimum Gasteiger partial charge on any atom is -0.544 e. The number of hydrogen-bond acceptors (Lipinski definition) is 4. The van der Waals surface area contributed by atoms with Gasteiger partial charge in [0.1, 0.15) is 18.9 Å². The number of nitrogens with two attached hydrogens (primary N) is 1. The molecule has 2 unspecified atom stereocenters. The number of carbonyl (C=O) groups excluding carboxylic acids is 1. The molecule has 1 rings (SSSR count). The summed E-state index contributed by atoms with van der Waals surface area (Å²) in [6.45, 7) is 3.97. The van der Waals surface area contributed by atoms with Gasteiger partial charge in [-0.25, -0.2) is 9.48 Å². The van der Waals surface area contributed by atoms with Crippen molar-refractivity contribution in [3.05, 3.63) is 24.6 Å². The smallest absolute Gasteiger partial charge is 0.209 e. The number of carbonyl (C=O) groups is 1. The lowest BCUT2D eigenvalue weighted by molar-refractivity contribution is -0.808. The highest BCUT2D eigenvalue weighted by molar-refractivity contribution is 5.81. The second-order valence-electron chi connectivity index (χ2n) is 10.5. The first-order valence-corrected chi connectivity index (χ1v) is 14.8. The van der Waals surface area contributed by atoms with Gasteiger partial charge in [-0.1, -0.05) is 109 Å². The summed E-state index contributed by atoms with van der Waals surface area (Å²) >= 11 is 0. The predicted octanol–water partition coefficient (Wildman–Crippen LogP) is 7.12. The van der Waals surface area contributed by atoms with Crippen LogP contribution in [0.2, 0.25) is 0 Å². The summed E-state index contributed by atoms with van der Waals surface area (Å²) in [5.41, 5.74) is 6.10. The van der Waals surface area contributed by atoms with E-state index in [2.05, 4.69) is 24.1 Å². The number of unbranched alkanes of at least 4 members (excludes halogenated alkanes) is 17. The molecule has 0 saturated heterocycles. The zero-order valence-corrected chi connectivity index (χ0v) is 23.0. The van der Waals surface area contributed by atoms with Gasteiger partial charge in [0.2, 0.25) is 5.84 Å². The van der Waals surface area contributed by atoms with Crippen molar-refractivity contribution >= 4 is 11.8 Å². The highest BCUT2D eigenvalue weighted by Crippen LogP contribution is 2.23. The SMILES string of the molecule is CCCCCCC/C=C/CCCCCCCCCCCCCCC1=NC=C[N+]1(CC(=O)[O-])C(C)N. The van der Waals surface area contributed by atoms with E-state index < -0.39 is 5.97 Å². The molecule has 0 saturated carbocycles. The Morgan fingerprint density at radius 3 is 1.77 bits per heavy atom. The molecule has 0 bridgehead atoms. The van der Waals surface area contributed by atoms with Crippen LogP contribution in [-0.2, 0) is 4.79 Å². The Labute approximate surface area is 216 Å². The fourth-order valence-electron chi connectivity index (χ4n) is 4.99. The molecule has 0 fully saturated rings. The number of quaternary nitrogens is 1. The molecule has 5 nitrogen and oxygen atoms in total. The van der Waals surface area contributed by atoms with Gasteiger partial charge in [-0.3, -0.25) is 5.73 Å². The summed E-state index contributed by atoms with van der Waals surface area (Å²) < 4.78 is 0.109. The molecule has 5 heteroatoms. The van der Waals surface area contributed by atoms with Crippen LogP contribution in [0.1, 0.15) is 142 Å². The van der Waals surface area contributed by atoms with Crippen LogP contribution in [0.4, 0.5) is 0 Å². The van der Waals surface area contributed by atoms with Crippen molar-refractivity contribution in [2.75, 3.05) is 6.54 Å². The first-order valence-electron chi connectivity index (χ1n) is 14.8. The van der Waals surface area contributed by atoms with Crippen LogP contribution in [0.15, 0.2) is 29.5 Å². The molecule has 0 amide bonds. The zero-order valence-electron chi connectivity index (χ0n) is 23.0. The highest BCUT2D eigenvalue weighted by Gasteiger charge is 2.38. The molecule has 1 aliphatic heterocycles. The van der Waals surface area contributed by atoms with Crippen molar-refractivity contribution < 1.29 is 14.4 Å². The lowest BCUT2D eigenvalue weighted by atomic mass is 10.0. The molecule has 0 aliphatic carbocycles. The van der Waals surface area contributed by atoms with E-state index in [1.165, 1.54) is 109 Å². The number of amidine groups is 1. The van der Waals surface area contributed by atoms with Crippen LogP contribution in [0.5, 0.6) is 0 Å². The van der Waals surface area contributed by atoms with E-state index in [1.54, 1.807) is 12.4 Å². The van der Waals surface area contributed by atoms with Gasteiger partial charge in [-0.15, -0.1) is 0 Å². The van der Waals surface area contributed by atoms with Crippen molar-refractivity contribution in [1.29, 1.82) is 0 Å². The first kappa shape index (κ1) is 31.6. The lowest BCUT2D eigenvalue weighted by Crippen LogP contribution is -2.60. The van der Waals surface area contributed by atoms with Crippen molar-refractivity contribution in [2.24, 2.45) is 10.7 Å². The fourth-order valence-corrected chi connectivity index (χ4v) is 4.99. The van der Waals surface area contributed by atoms with E-state index in [0.717, 1.165) is 25.1 Å². The molecule has 2 atom stereocenters. The number of aliphatic carboxylic acids is 1. The van der Waals surface area contributed by atoms with E-state index in [4.69, 9.17) is 5.73 Å². The Balaban J connectivity index is 1.89. The largest absolute Gasteiger partial charge is 0.544 e. The molecular formula is C30H55N3O2. The molecule has 35 heavy (non-hydrogen) atoms. The van der Waals surface area contributed by atoms with Gasteiger partial charge in [0.05, 0.1) is 12.2 Å². The summed E-state index contributed by atoms with van der Waals surface area (Å²) in [6, 6.07) is 0. The van der Waals surface area contributed by atoms with Crippen LogP contribution < -0.4 is 10.8 Å². The third kappa shape index (κ3) is 14.6. The van der Waals surface area contributed by atoms with Gasteiger partial charge in [0.25, 0.3) is 0 Å². The fraction of sp³-hybridized carbons (Fsp3) is 0.800. The maximum absolute atomic E-state index is 11.2. The average Bonchev–Trinajstić information content (AvgIpc) is 3.23. The third-order valence-corrected chi connectivity index (χ3v) is 7.32. The highest BCUT2D eigenvalue weighted by atomic mass is 16.4. The minimum absolute atomic E-state index is 0.109. The molecule has 2 N–H and O–H groups in total. The second-order valence-corrected chi connectivity index (χ2v) is 10.5. The number of allylic oxidation sites excluding steroid dienone is 2. The predicted molar refractivity (Wildman–Crippen MR) is 148 cm³/mol. The van der Waals surface area contributed by atoms with Gasteiger partial charge < -0.3 is 9.90 Å². The molecule has 0 radical (unpaired) electrons. The summed E-state index contributed by atoms with van der Waals surface area (Å²) in [4.78, 5) is 15.6. The van der Waals surface area contributed by atoms with Gasteiger partial charge in [0.15, 0.2) is 0 Å². The van der Waals surface area contributed by atoms with Gasteiger partial charge in [-0.2, -0.15) is 0 Å². The Bertz CT molecular complexity index is 627. The second kappa shape index (κ2) is 20.7. The van der Waals surface area contributed by atoms with Crippen LogP contribution in [0, 0.1) is 0 Å². The van der Waals surface area contributed by atoms with Crippen molar-refractivity contribution in [2.45, 2.75) is 148 Å². The van der Waals surface area contributed by atoms with E-state index in [-0.39, 0.29) is 17.2 Å². The third-order valence-electron chi connectivity index (χ3n) is 7.32. The topological polar surface area (TPSA) is 78.5 Å². The number of rotatable bonds is 24. The number of carboxylic acids is 1. The van der Waals surface area contributed by atoms with Crippen molar-refractivity contribution in [3.63, 3.8) is 0 Å². The summed E-state index contributed by atoms with van der Waals surface area (Å²) in [7, 11) is 0. The van der Waals surface area contributed by atoms with E-state index >= 15 is 0 Å². The number of nitrogens with zero attached hydrogens (tertiary/aromatic N) is 2. The summed E-state index contributed by atoms with van der Waals surface area (Å²) in [5, 5.41) is 11.2. The number of carboxylic acid groups (broad SMARTS) is 1. The normalized spacial score (nSPS) is 18.4. The zero-order chi connectivity index (χ0) is 25.6.